The lowest BCUT2D eigenvalue weighted by atomic mass is 9.93. The second-order valence-electron chi connectivity index (χ2n) is 6.32. The first-order valence-corrected chi connectivity index (χ1v) is 9.01. The van der Waals surface area contributed by atoms with Crippen LogP contribution < -0.4 is 14.8 Å². The van der Waals surface area contributed by atoms with E-state index in [-0.39, 0.29) is 24.9 Å². The first kappa shape index (κ1) is 21.6. The summed E-state index contributed by atoms with van der Waals surface area (Å²) >= 11 is 0. The maximum Gasteiger partial charge on any atom is 0.260 e. The van der Waals surface area contributed by atoms with E-state index in [0.717, 1.165) is 50.6 Å². The SMILES string of the molecule is CCCOc1ccc(OCC(=O)N2CCC(CCNC)CC2)cc1.Cl. The summed E-state index contributed by atoms with van der Waals surface area (Å²) in [5.41, 5.74) is 0. The number of ether oxygens (including phenoxy) is 2. The zero-order chi connectivity index (χ0) is 17.2. The third kappa shape index (κ3) is 7.53. The molecule has 1 heterocycles. The van der Waals surface area contributed by atoms with E-state index in [1.165, 1.54) is 6.42 Å². The molecule has 1 aromatic rings. The summed E-state index contributed by atoms with van der Waals surface area (Å²) in [7, 11) is 1.98. The van der Waals surface area contributed by atoms with E-state index in [1.54, 1.807) is 0 Å². The van der Waals surface area contributed by atoms with Crippen molar-refractivity contribution in [1.82, 2.24) is 10.2 Å². The molecule has 1 fully saturated rings. The van der Waals surface area contributed by atoms with E-state index in [0.29, 0.717) is 12.4 Å². The second kappa shape index (κ2) is 12.0. The van der Waals surface area contributed by atoms with Crippen molar-refractivity contribution in [3.63, 3.8) is 0 Å². The number of halogens is 1. The molecule has 0 atom stereocenters. The molecule has 0 radical (unpaired) electrons. The molecule has 0 spiro atoms. The van der Waals surface area contributed by atoms with Gasteiger partial charge in [-0.15, -0.1) is 12.4 Å². The zero-order valence-corrected chi connectivity index (χ0v) is 16.1. The molecular formula is C19H31ClN2O3. The quantitative estimate of drug-likeness (QED) is 0.725. The predicted molar refractivity (Wildman–Crippen MR) is 103 cm³/mol. The van der Waals surface area contributed by atoms with Crippen molar-refractivity contribution in [3.05, 3.63) is 24.3 Å². The fraction of sp³-hybridized carbons (Fsp3) is 0.632. The average Bonchev–Trinajstić information content (AvgIpc) is 2.64. The van der Waals surface area contributed by atoms with Crippen LogP contribution in [0.5, 0.6) is 11.5 Å². The molecule has 0 aromatic heterocycles. The van der Waals surface area contributed by atoms with E-state index >= 15 is 0 Å². The number of hydrogen-bond donors (Lipinski definition) is 1. The molecule has 1 aliphatic heterocycles. The minimum atomic E-state index is 0. The summed E-state index contributed by atoms with van der Waals surface area (Å²) in [5.74, 6) is 2.35. The number of hydrogen-bond acceptors (Lipinski definition) is 4. The lowest BCUT2D eigenvalue weighted by molar-refractivity contribution is -0.134. The van der Waals surface area contributed by atoms with E-state index in [9.17, 15) is 4.79 Å². The molecule has 25 heavy (non-hydrogen) atoms. The highest BCUT2D eigenvalue weighted by Crippen LogP contribution is 2.21. The monoisotopic (exact) mass is 370 g/mol. The van der Waals surface area contributed by atoms with Crippen LogP contribution in [-0.4, -0.2) is 50.7 Å². The largest absolute Gasteiger partial charge is 0.494 e. The van der Waals surface area contributed by atoms with Crippen LogP contribution in [0, 0.1) is 5.92 Å². The van der Waals surface area contributed by atoms with E-state index in [1.807, 2.05) is 36.2 Å². The number of nitrogens with zero attached hydrogens (tertiary/aromatic N) is 1. The Hall–Kier alpha value is -1.46. The summed E-state index contributed by atoms with van der Waals surface area (Å²) in [6.07, 6.45) is 4.37. The van der Waals surface area contributed by atoms with Crippen molar-refractivity contribution in [2.24, 2.45) is 5.92 Å². The Bertz CT molecular complexity index is 488. The number of carbonyl (C=O) groups is 1. The lowest BCUT2D eigenvalue weighted by Crippen LogP contribution is -2.41. The van der Waals surface area contributed by atoms with Crippen LogP contribution in [-0.2, 0) is 4.79 Å². The molecule has 1 aromatic carbocycles. The van der Waals surface area contributed by atoms with Crippen LogP contribution >= 0.6 is 12.4 Å². The Morgan fingerprint density at radius 1 is 1.16 bits per heavy atom. The molecule has 1 saturated heterocycles. The van der Waals surface area contributed by atoms with Crippen LogP contribution in [0.15, 0.2) is 24.3 Å². The minimum absolute atomic E-state index is 0. The third-order valence-corrected chi connectivity index (χ3v) is 4.43. The molecule has 0 saturated carbocycles. The average molecular weight is 371 g/mol. The van der Waals surface area contributed by atoms with Gasteiger partial charge in [-0.1, -0.05) is 6.92 Å². The van der Waals surface area contributed by atoms with Gasteiger partial charge in [-0.2, -0.15) is 0 Å². The van der Waals surface area contributed by atoms with Crippen LogP contribution in [0.1, 0.15) is 32.6 Å². The summed E-state index contributed by atoms with van der Waals surface area (Å²) in [6.45, 7) is 5.65. The van der Waals surface area contributed by atoms with Crippen molar-refractivity contribution >= 4 is 18.3 Å². The number of carbonyl (C=O) groups excluding carboxylic acids is 1. The van der Waals surface area contributed by atoms with Gasteiger partial charge in [0, 0.05) is 13.1 Å². The van der Waals surface area contributed by atoms with Gasteiger partial charge in [0.2, 0.25) is 0 Å². The highest BCUT2D eigenvalue weighted by atomic mass is 35.5. The number of piperidine rings is 1. The Balaban J connectivity index is 0.00000312. The lowest BCUT2D eigenvalue weighted by Gasteiger charge is -2.32. The molecule has 1 aliphatic rings. The first-order valence-electron chi connectivity index (χ1n) is 9.01. The molecule has 0 unspecified atom stereocenters. The first-order chi connectivity index (χ1) is 11.7. The number of benzene rings is 1. The summed E-state index contributed by atoms with van der Waals surface area (Å²) in [5, 5.41) is 3.19. The molecule has 0 bridgehead atoms. The maximum atomic E-state index is 12.3. The van der Waals surface area contributed by atoms with E-state index in [2.05, 4.69) is 12.2 Å². The molecule has 142 valence electrons. The Labute approximate surface area is 157 Å². The van der Waals surface area contributed by atoms with Gasteiger partial charge in [-0.05, 0) is 69.5 Å². The zero-order valence-electron chi connectivity index (χ0n) is 15.3. The van der Waals surface area contributed by atoms with Gasteiger partial charge in [-0.3, -0.25) is 4.79 Å². The van der Waals surface area contributed by atoms with Gasteiger partial charge in [0.05, 0.1) is 6.61 Å². The van der Waals surface area contributed by atoms with Crippen molar-refractivity contribution < 1.29 is 14.3 Å². The number of nitrogens with one attached hydrogen (secondary N) is 1. The fourth-order valence-corrected chi connectivity index (χ4v) is 2.91. The minimum Gasteiger partial charge on any atom is -0.494 e. The molecule has 2 rings (SSSR count). The summed E-state index contributed by atoms with van der Waals surface area (Å²) in [6, 6.07) is 7.45. The van der Waals surface area contributed by atoms with Crippen molar-refractivity contribution in [2.75, 3.05) is 39.9 Å². The highest BCUT2D eigenvalue weighted by molar-refractivity contribution is 5.85. The third-order valence-electron chi connectivity index (χ3n) is 4.43. The van der Waals surface area contributed by atoms with Crippen LogP contribution in [0.3, 0.4) is 0 Å². The molecule has 1 amide bonds. The Morgan fingerprint density at radius 3 is 2.32 bits per heavy atom. The van der Waals surface area contributed by atoms with Crippen molar-refractivity contribution in [2.45, 2.75) is 32.6 Å². The topological polar surface area (TPSA) is 50.8 Å². The number of rotatable bonds is 9. The maximum absolute atomic E-state index is 12.3. The van der Waals surface area contributed by atoms with E-state index < -0.39 is 0 Å². The van der Waals surface area contributed by atoms with Crippen molar-refractivity contribution in [3.8, 4) is 11.5 Å². The van der Waals surface area contributed by atoms with Gasteiger partial charge in [-0.25, -0.2) is 0 Å². The van der Waals surface area contributed by atoms with Gasteiger partial charge in [0.1, 0.15) is 11.5 Å². The summed E-state index contributed by atoms with van der Waals surface area (Å²) in [4.78, 5) is 14.2. The molecule has 1 N–H and O–H groups in total. The van der Waals surface area contributed by atoms with Crippen LogP contribution in [0.2, 0.25) is 0 Å². The van der Waals surface area contributed by atoms with E-state index in [4.69, 9.17) is 9.47 Å². The number of amides is 1. The molecule has 0 aliphatic carbocycles. The highest BCUT2D eigenvalue weighted by Gasteiger charge is 2.22. The van der Waals surface area contributed by atoms with Gasteiger partial charge in [0.15, 0.2) is 6.61 Å². The standard InChI is InChI=1S/C19H30N2O3.ClH/c1-3-14-23-17-4-6-18(7-5-17)24-15-19(22)21-12-9-16(10-13-21)8-11-20-2;/h4-7,16,20H,3,8-15H2,1-2H3;1H. The van der Waals surface area contributed by atoms with Gasteiger partial charge < -0.3 is 19.7 Å². The van der Waals surface area contributed by atoms with Gasteiger partial charge in [0.25, 0.3) is 5.91 Å². The molecule has 5 nitrogen and oxygen atoms in total. The fourth-order valence-electron chi connectivity index (χ4n) is 2.91. The second-order valence-corrected chi connectivity index (χ2v) is 6.32. The molecule has 6 heteroatoms. The normalized spacial score (nSPS) is 14.7. The summed E-state index contributed by atoms with van der Waals surface area (Å²) < 4.78 is 11.1. The van der Waals surface area contributed by atoms with Gasteiger partial charge >= 0.3 is 0 Å². The molecular weight excluding hydrogens is 340 g/mol. The smallest absolute Gasteiger partial charge is 0.260 e. The number of likely N-dealkylation sites (tertiary alicyclic amines) is 1. The van der Waals surface area contributed by atoms with Crippen molar-refractivity contribution in [1.29, 1.82) is 0 Å². The Morgan fingerprint density at radius 2 is 1.76 bits per heavy atom. The van der Waals surface area contributed by atoms with Crippen LogP contribution in [0.4, 0.5) is 0 Å². The Kier molecular flexibility index (Phi) is 10.3. The predicted octanol–water partition coefficient (Wildman–Crippen LogP) is 3.12. The van der Waals surface area contributed by atoms with Crippen LogP contribution in [0.25, 0.3) is 0 Å².